The summed E-state index contributed by atoms with van der Waals surface area (Å²) < 4.78 is 5.13. The summed E-state index contributed by atoms with van der Waals surface area (Å²) in [5.74, 6) is 0.420. The molecule has 0 fully saturated rings. The molecule has 0 radical (unpaired) electrons. The average Bonchev–Trinajstić information content (AvgIpc) is 2.85. The monoisotopic (exact) mass is 269 g/mol. The molecule has 2 aromatic rings. The molecule has 18 heavy (non-hydrogen) atoms. The van der Waals surface area contributed by atoms with Crippen molar-refractivity contribution < 1.29 is 9.52 Å². The molecular weight excluding hydrogens is 258 g/mol. The molecule has 0 saturated carbocycles. The Kier molecular flexibility index (Phi) is 3.40. The third kappa shape index (κ3) is 2.55. The summed E-state index contributed by atoms with van der Waals surface area (Å²) in [5, 5.41) is 18.9. The molecule has 2 heterocycles. The highest BCUT2D eigenvalue weighted by Crippen LogP contribution is 2.23. The van der Waals surface area contributed by atoms with Gasteiger partial charge in [0.15, 0.2) is 0 Å². The maximum absolute atomic E-state index is 11.2. The Hall–Kier alpha value is -1.79. The number of furan rings is 1. The van der Waals surface area contributed by atoms with E-state index in [2.05, 4.69) is 15.5 Å². The van der Waals surface area contributed by atoms with Crippen molar-refractivity contribution in [2.24, 2.45) is 0 Å². The van der Waals surface area contributed by atoms with Crippen LogP contribution in [0.25, 0.3) is 0 Å². The van der Waals surface area contributed by atoms with Gasteiger partial charge in [-0.25, -0.2) is 5.10 Å². The summed E-state index contributed by atoms with van der Waals surface area (Å²) in [7, 11) is 0. The van der Waals surface area contributed by atoms with E-state index in [0.717, 1.165) is 0 Å². The molecule has 0 aliphatic rings. The van der Waals surface area contributed by atoms with Crippen LogP contribution in [0.5, 0.6) is 0 Å². The summed E-state index contributed by atoms with van der Waals surface area (Å²) in [4.78, 5) is 11.2. The fraction of sp³-hybridized carbons (Fsp3) is 0.273. The Labute approximate surface area is 108 Å². The predicted molar refractivity (Wildman–Crippen MR) is 66.6 cm³/mol. The van der Waals surface area contributed by atoms with E-state index < -0.39 is 11.2 Å². The first-order valence-corrected chi connectivity index (χ1v) is 5.62. The Bertz CT molecular complexity index is 577. The van der Waals surface area contributed by atoms with Crippen molar-refractivity contribution >= 4 is 17.3 Å². The fourth-order valence-electron chi connectivity index (χ4n) is 1.45. The molecule has 0 aliphatic carbocycles. The molecule has 0 amide bonds. The quantitative estimate of drug-likeness (QED) is 0.779. The number of hydrogen-bond acceptors (Lipinski definition) is 5. The zero-order chi connectivity index (χ0) is 13.2. The highest BCUT2D eigenvalue weighted by Gasteiger charge is 2.26. The minimum absolute atomic E-state index is 0.000227. The zero-order valence-electron chi connectivity index (χ0n) is 9.61. The van der Waals surface area contributed by atoms with Gasteiger partial charge < -0.3 is 14.8 Å². The molecule has 0 bridgehead atoms. The SMILES string of the molecule is CC(O)(CNc1cn[nH]c(=O)c1Cl)c1ccco1. The van der Waals surface area contributed by atoms with Crippen LogP contribution in [0.3, 0.4) is 0 Å². The smallest absolute Gasteiger partial charge is 0.285 e. The van der Waals surface area contributed by atoms with Gasteiger partial charge in [0, 0.05) is 0 Å². The molecule has 2 rings (SSSR count). The summed E-state index contributed by atoms with van der Waals surface area (Å²) in [5.41, 5.74) is -1.35. The van der Waals surface area contributed by atoms with Gasteiger partial charge in [-0.3, -0.25) is 4.79 Å². The third-order valence-electron chi connectivity index (χ3n) is 2.47. The van der Waals surface area contributed by atoms with Crippen molar-refractivity contribution in [1.29, 1.82) is 0 Å². The highest BCUT2D eigenvalue weighted by atomic mass is 35.5. The summed E-state index contributed by atoms with van der Waals surface area (Å²) in [6.07, 6.45) is 2.85. The maximum atomic E-state index is 11.2. The molecule has 3 N–H and O–H groups in total. The number of aromatic amines is 1. The van der Waals surface area contributed by atoms with Gasteiger partial charge in [0.1, 0.15) is 16.4 Å². The van der Waals surface area contributed by atoms with Crippen LogP contribution in [0.4, 0.5) is 5.69 Å². The van der Waals surface area contributed by atoms with Crippen LogP contribution in [0.1, 0.15) is 12.7 Å². The molecular formula is C11H12ClN3O3. The number of hydrogen-bond donors (Lipinski definition) is 3. The van der Waals surface area contributed by atoms with Gasteiger partial charge in [-0.15, -0.1) is 0 Å². The lowest BCUT2D eigenvalue weighted by Crippen LogP contribution is -2.30. The maximum Gasteiger partial charge on any atom is 0.285 e. The molecule has 7 heteroatoms. The number of rotatable bonds is 4. The van der Waals surface area contributed by atoms with Crippen molar-refractivity contribution in [3.63, 3.8) is 0 Å². The van der Waals surface area contributed by atoms with Crippen molar-refractivity contribution in [1.82, 2.24) is 10.2 Å². The highest BCUT2D eigenvalue weighted by molar-refractivity contribution is 6.32. The first-order valence-electron chi connectivity index (χ1n) is 5.24. The summed E-state index contributed by atoms with van der Waals surface area (Å²) in [6, 6.07) is 3.35. The van der Waals surface area contributed by atoms with Crippen LogP contribution >= 0.6 is 11.6 Å². The molecule has 0 spiro atoms. The van der Waals surface area contributed by atoms with Gasteiger partial charge in [-0.05, 0) is 19.1 Å². The molecule has 0 aliphatic heterocycles. The number of nitrogens with zero attached hydrogens (tertiary/aromatic N) is 1. The van der Waals surface area contributed by atoms with Crippen LogP contribution in [0.15, 0.2) is 33.8 Å². The first kappa shape index (κ1) is 12.7. The Morgan fingerprint density at radius 2 is 2.44 bits per heavy atom. The second-order valence-electron chi connectivity index (χ2n) is 4.03. The fourth-order valence-corrected chi connectivity index (χ4v) is 1.60. The topological polar surface area (TPSA) is 91.1 Å². The number of aliphatic hydroxyl groups is 1. The Morgan fingerprint density at radius 1 is 1.67 bits per heavy atom. The van der Waals surface area contributed by atoms with Gasteiger partial charge in [0.2, 0.25) is 0 Å². The van der Waals surface area contributed by atoms with Crippen LogP contribution in [-0.4, -0.2) is 21.8 Å². The van der Waals surface area contributed by atoms with Crippen LogP contribution < -0.4 is 10.9 Å². The lowest BCUT2D eigenvalue weighted by Gasteiger charge is -2.21. The zero-order valence-corrected chi connectivity index (χ0v) is 10.4. The van der Waals surface area contributed by atoms with Crippen molar-refractivity contribution in [2.45, 2.75) is 12.5 Å². The van der Waals surface area contributed by atoms with Crippen molar-refractivity contribution in [2.75, 3.05) is 11.9 Å². The number of nitrogens with one attached hydrogen (secondary N) is 2. The molecule has 1 atom stereocenters. The lowest BCUT2D eigenvalue weighted by atomic mass is 10.0. The van der Waals surface area contributed by atoms with Crippen LogP contribution in [-0.2, 0) is 5.60 Å². The molecule has 96 valence electrons. The summed E-state index contributed by atoms with van der Waals surface area (Å²) >= 11 is 5.80. The summed E-state index contributed by atoms with van der Waals surface area (Å²) in [6.45, 7) is 1.72. The second kappa shape index (κ2) is 4.83. The van der Waals surface area contributed by atoms with E-state index in [-0.39, 0.29) is 11.6 Å². The second-order valence-corrected chi connectivity index (χ2v) is 4.41. The van der Waals surface area contributed by atoms with Gasteiger partial charge in [-0.2, -0.15) is 5.10 Å². The van der Waals surface area contributed by atoms with E-state index in [9.17, 15) is 9.90 Å². The van der Waals surface area contributed by atoms with Crippen molar-refractivity contribution in [3.8, 4) is 0 Å². The van der Waals surface area contributed by atoms with Gasteiger partial charge in [0.25, 0.3) is 5.56 Å². The van der Waals surface area contributed by atoms with E-state index in [1.54, 1.807) is 19.1 Å². The molecule has 1 unspecified atom stereocenters. The standard InChI is InChI=1S/C11H12ClN3O3/c1-11(17,8-3-2-4-18-8)6-13-7-5-14-15-10(16)9(7)12/h2-5,17H,6H2,1H3,(H2,13,15,16). The number of halogens is 1. The molecule has 2 aromatic heterocycles. The third-order valence-corrected chi connectivity index (χ3v) is 2.85. The van der Waals surface area contributed by atoms with E-state index >= 15 is 0 Å². The molecule has 6 nitrogen and oxygen atoms in total. The average molecular weight is 270 g/mol. The minimum atomic E-state index is -1.21. The Balaban J connectivity index is 2.12. The van der Waals surface area contributed by atoms with E-state index in [4.69, 9.17) is 16.0 Å². The van der Waals surface area contributed by atoms with E-state index in [1.807, 2.05) is 0 Å². The van der Waals surface area contributed by atoms with E-state index in [0.29, 0.717) is 11.4 Å². The van der Waals surface area contributed by atoms with E-state index in [1.165, 1.54) is 12.5 Å². The van der Waals surface area contributed by atoms with Gasteiger partial charge >= 0.3 is 0 Å². The van der Waals surface area contributed by atoms with Crippen LogP contribution in [0.2, 0.25) is 5.02 Å². The minimum Gasteiger partial charge on any atom is -0.466 e. The Morgan fingerprint density at radius 3 is 3.11 bits per heavy atom. The van der Waals surface area contributed by atoms with Gasteiger partial charge in [-0.1, -0.05) is 11.6 Å². The predicted octanol–water partition coefficient (Wildman–Crippen LogP) is 1.34. The first-order chi connectivity index (χ1) is 8.50. The van der Waals surface area contributed by atoms with Crippen LogP contribution in [0, 0.1) is 0 Å². The largest absolute Gasteiger partial charge is 0.466 e. The lowest BCUT2D eigenvalue weighted by molar-refractivity contribution is 0.0476. The van der Waals surface area contributed by atoms with Gasteiger partial charge in [0.05, 0.1) is 24.7 Å². The normalized spacial score (nSPS) is 14.2. The number of anilines is 1. The number of H-pyrrole nitrogens is 1. The number of aromatic nitrogens is 2. The molecule has 0 saturated heterocycles. The molecule has 0 aromatic carbocycles. The van der Waals surface area contributed by atoms with Crippen molar-refractivity contribution in [3.05, 3.63) is 45.7 Å².